The van der Waals surface area contributed by atoms with Crippen LogP contribution in [0, 0.1) is 0 Å². The third-order valence-corrected chi connectivity index (χ3v) is 2.33. The fourth-order valence-corrected chi connectivity index (χ4v) is 1.56. The summed E-state index contributed by atoms with van der Waals surface area (Å²) in [7, 11) is 0. The van der Waals surface area contributed by atoms with Crippen LogP contribution in [-0.4, -0.2) is 26.9 Å². The third-order valence-electron chi connectivity index (χ3n) is 2.33. The Balaban J connectivity index is 2.32. The van der Waals surface area contributed by atoms with E-state index in [1.165, 1.54) is 0 Å². The summed E-state index contributed by atoms with van der Waals surface area (Å²) in [5, 5.41) is 18.9. The first kappa shape index (κ1) is 9.73. The summed E-state index contributed by atoms with van der Waals surface area (Å²) >= 11 is 0. The lowest BCUT2D eigenvalue weighted by Gasteiger charge is -2.08. The molecule has 0 spiro atoms. The Morgan fingerprint density at radius 1 is 1.33 bits per heavy atom. The Bertz CT molecular complexity index is 489. The van der Waals surface area contributed by atoms with Crippen LogP contribution in [0.25, 0.3) is 10.9 Å². The van der Waals surface area contributed by atoms with Gasteiger partial charge in [0.2, 0.25) is 0 Å². The molecule has 0 bridgehead atoms. The van der Waals surface area contributed by atoms with Gasteiger partial charge in [0.15, 0.2) is 6.10 Å². The van der Waals surface area contributed by atoms with E-state index in [0.717, 1.165) is 10.9 Å². The Morgan fingerprint density at radius 3 is 2.80 bits per heavy atom. The third kappa shape index (κ3) is 1.85. The number of carbonyl (C=O) groups is 1. The molecule has 0 radical (unpaired) electrons. The van der Waals surface area contributed by atoms with E-state index in [2.05, 4.69) is 0 Å². The van der Waals surface area contributed by atoms with Crippen molar-refractivity contribution in [3.8, 4) is 0 Å². The fourth-order valence-electron chi connectivity index (χ4n) is 1.56. The molecule has 0 saturated carbocycles. The van der Waals surface area contributed by atoms with E-state index >= 15 is 0 Å². The number of rotatable bonds is 3. The van der Waals surface area contributed by atoms with Gasteiger partial charge in [-0.15, -0.1) is 0 Å². The maximum atomic E-state index is 10.5. The quantitative estimate of drug-likeness (QED) is 0.788. The first-order valence-corrected chi connectivity index (χ1v) is 4.63. The van der Waals surface area contributed by atoms with Crippen molar-refractivity contribution in [2.24, 2.45) is 0 Å². The van der Waals surface area contributed by atoms with Gasteiger partial charge in [-0.2, -0.15) is 0 Å². The minimum Gasteiger partial charge on any atom is -0.479 e. The van der Waals surface area contributed by atoms with Crippen LogP contribution < -0.4 is 0 Å². The maximum Gasteiger partial charge on any atom is 0.334 e. The topological polar surface area (TPSA) is 62.5 Å². The number of hydrogen-bond donors (Lipinski definition) is 2. The van der Waals surface area contributed by atoms with Gasteiger partial charge < -0.3 is 14.8 Å². The standard InChI is InChI=1S/C11H11NO3/c13-10(11(14)15)7-12-6-5-8-3-1-2-4-9(8)12/h1-6,10,13H,7H2,(H,14,15). The Hall–Kier alpha value is -1.81. The van der Waals surface area contributed by atoms with Gasteiger partial charge in [0.25, 0.3) is 0 Å². The van der Waals surface area contributed by atoms with Gasteiger partial charge in [-0.3, -0.25) is 0 Å². The van der Waals surface area contributed by atoms with E-state index in [0.29, 0.717) is 0 Å². The SMILES string of the molecule is O=C(O)C(O)Cn1ccc2ccccc21. The highest BCUT2D eigenvalue weighted by Gasteiger charge is 2.14. The molecule has 0 fully saturated rings. The van der Waals surface area contributed by atoms with Gasteiger partial charge in [-0.05, 0) is 17.5 Å². The zero-order chi connectivity index (χ0) is 10.8. The smallest absolute Gasteiger partial charge is 0.334 e. The first-order valence-electron chi connectivity index (χ1n) is 4.63. The lowest BCUT2D eigenvalue weighted by molar-refractivity contribution is -0.147. The van der Waals surface area contributed by atoms with Gasteiger partial charge in [0.1, 0.15) is 0 Å². The van der Waals surface area contributed by atoms with Crippen molar-refractivity contribution in [3.05, 3.63) is 36.5 Å². The molecule has 0 aliphatic carbocycles. The number of aliphatic hydroxyl groups excluding tert-OH is 1. The summed E-state index contributed by atoms with van der Waals surface area (Å²) < 4.78 is 1.73. The summed E-state index contributed by atoms with van der Waals surface area (Å²) in [6.07, 6.45) is 0.414. The van der Waals surface area contributed by atoms with Crippen LogP contribution in [0.5, 0.6) is 0 Å². The number of para-hydroxylation sites is 1. The molecule has 2 aromatic rings. The predicted octanol–water partition coefficient (Wildman–Crippen LogP) is 1.09. The van der Waals surface area contributed by atoms with Gasteiger partial charge >= 0.3 is 5.97 Å². The molecule has 78 valence electrons. The molecule has 1 heterocycles. The van der Waals surface area contributed by atoms with Crippen LogP contribution in [0.15, 0.2) is 36.5 Å². The molecule has 4 nitrogen and oxygen atoms in total. The number of nitrogens with zero attached hydrogens (tertiary/aromatic N) is 1. The number of carboxylic acid groups (broad SMARTS) is 1. The summed E-state index contributed by atoms with van der Waals surface area (Å²) in [6, 6.07) is 9.53. The van der Waals surface area contributed by atoms with E-state index in [9.17, 15) is 9.90 Å². The molecule has 1 unspecified atom stereocenters. The molecule has 1 aromatic heterocycles. The van der Waals surface area contributed by atoms with Crippen LogP contribution in [0.3, 0.4) is 0 Å². The van der Waals surface area contributed by atoms with Crippen molar-refractivity contribution in [3.63, 3.8) is 0 Å². The van der Waals surface area contributed by atoms with Crippen molar-refractivity contribution in [1.29, 1.82) is 0 Å². The lowest BCUT2D eigenvalue weighted by atomic mass is 10.2. The Morgan fingerprint density at radius 2 is 2.07 bits per heavy atom. The van der Waals surface area contributed by atoms with Gasteiger partial charge in [0.05, 0.1) is 6.54 Å². The van der Waals surface area contributed by atoms with Crippen molar-refractivity contribution in [2.45, 2.75) is 12.6 Å². The number of fused-ring (bicyclic) bond motifs is 1. The van der Waals surface area contributed by atoms with E-state index in [1.807, 2.05) is 30.3 Å². The van der Waals surface area contributed by atoms with Crippen LogP contribution in [0.2, 0.25) is 0 Å². The second kappa shape index (κ2) is 3.74. The van der Waals surface area contributed by atoms with E-state index < -0.39 is 12.1 Å². The molecular formula is C11H11NO3. The summed E-state index contributed by atoms with van der Waals surface area (Å²) in [6.45, 7) is 0.0723. The van der Waals surface area contributed by atoms with Crippen molar-refractivity contribution in [1.82, 2.24) is 4.57 Å². The van der Waals surface area contributed by atoms with Crippen LogP contribution in [-0.2, 0) is 11.3 Å². The summed E-state index contributed by atoms with van der Waals surface area (Å²) in [5.74, 6) is -1.20. The predicted molar refractivity (Wildman–Crippen MR) is 55.6 cm³/mol. The van der Waals surface area contributed by atoms with Crippen molar-refractivity contribution in [2.75, 3.05) is 0 Å². The number of hydrogen-bond acceptors (Lipinski definition) is 2. The van der Waals surface area contributed by atoms with Crippen LogP contribution in [0.1, 0.15) is 0 Å². The fraction of sp³-hybridized carbons (Fsp3) is 0.182. The molecule has 0 aliphatic rings. The molecule has 4 heteroatoms. The average Bonchev–Trinajstić information content (AvgIpc) is 2.62. The molecule has 0 aliphatic heterocycles. The Kier molecular flexibility index (Phi) is 2.43. The van der Waals surface area contributed by atoms with Gasteiger partial charge in [0, 0.05) is 11.7 Å². The molecule has 1 aromatic carbocycles. The molecule has 1 atom stereocenters. The molecule has 15 heavy (non-hydrogen) atoms. The average molecular weight is 205 g/mol. The second-order valence-electron chi connectivity index (χ2n) is 3.38. The highest BCUT2D eigenvalue weighted by molar-refractivity contribution is 5.80. The largest absolute Gasteiger partial charge is 0.479 e. The van der Waals surface area contributed by atoms with Gasteiger partial charge in [-0.25, -0.2) is 4.79 Å². The van der Waals surface area contributed by atoms with Crippen molar-refractivity contribution >= 4 is 16.9 Å². The molecule has 2 rings (SSSR count). The molecule has 0 amide bonds. The van der Waals surface area contributed by atoms with Gasteiger partial charge in [-0.1, -0.05) is 18.2 Å². The highest BCUT2D eigenvalue weighted by Crippen LogP contribution is 2.15. The number of carboxylic acids is 1. The maximum absolute atomic E-state index is 10.5. The van der Waals surface area contributed by atoms with Crippen LogP contribution >= 0.6 is 0 Å². The molecular weight excluding hydrogens is 194 g/mol. The number of aliphatic carboxylic acids is 1. The Labute approximate surface area is 86.4 Å². The number of aliphatic hydroxyl groups is 1. The number of aromatic nitrogens is 1. The normalized spacial score (nSPS) is 12.9. The lowest BCUT2D eigenvalue weighted by Crippen LogP contribution is -2.24. The van der Waals surface area contributed by atoms with E-state index in [1.54, 1.807) is 10.8 Å². The highest BCUT2D eigenvalue weighted by atomic mass is 16.4. The van der Waals surface area contributed by atoms with Crippen LogP contribution in [0.4, 0.5) is 0 Å². The number of benzene rings is 1. The molecule has 2 N–H and O–H groups in total. The summed E-state index contributed by atoms with van der Waals surface area (Å²) in [5.41, 5.74) is 0.929. The zero-order valence-corrected chi connectivity index (χ0v) is 8.00. The van der Waals surface area contributed by atoms with E-state index in [-0.39, 0.29) is 6.54 Å². The zero-order valence-electron chi connectivity index (χ0n) is 8.00. The minimum atomic E-state index is -1.36. The monoisotopic (exact) mass is 205 g/mol. The second-order valence-corrected chi connectivity index (χ2v) is 3.38. The van der Waals surface area contributed by atoms with Crippen molar-refractivity contribution < 1.29 is 15.0 Å². The summed E-state index contributed by atoms with van der Waals surface area (Å²) in [4.78, 5) is 10.5. The van der Waals surface area contributed by atoms with E-state index in [4.69, 9.17) is 5.11 Å². The minimum absolute atomic E-state index is 0.0723. The first-order chi connectivity index (χ1) is 7.18. The molecule has 0 saturated heterocycles.